The molecular formula is C10H9ClN4O4S. The van der Waals surface area contributed by atoms with Gasteiger partial charge in [0.2, 0.25) is 17.3 Å². The van der Waals surface area contributed by atoms with Gasteiger partial charge in [-0.05, 0) is 0 Å². The number of halogens is 1. The van der Waals surface area contributed by atoms with E-state index in [1.165, 1.54) is 19.4 Å². The Labute approximate surface area is 118 Å². The summed E-state index contributed by atoms with van der Waals surface area (Å²) in [7, 11) is -2.77. The molecule has 0 radical (unpaired) electrons. The minimum absolute atomic E-state index is 0.00322. The van der Waals surface area contributed by atoms with Crippen LogP contribution in [-0.4, -0.2) is 30.5 Å². The highest BCUT2D eigenvalue weighted by Crippen LogP contribution is 2.17. The van der Waals surface area contributed by atoms with E-state index in [4.69, 9.17) is 16.3 Å². The van der Waals surface area contributed by atoms with E-state index in [1.807, 2.05) is 0 Å². The van der Waals surface area contributed by atoms with Gasteiger partial charge in [-0.25, -0.2) is 18.1 Å². The zero-order valence-electron chi connectivity index (χ0n) is 10.1. The van der Waals surface area contributed by atoms with Crippen molar-refractivity contribution < 1.29 is 13.2 Å². The Kier molecular flexibility index (Phi) is 3.91. The molecule has 10 heteroatoms. The summed E-state index contributed by atoms with van der Waals surface area (Å²) in [4.78, 5) is 21.0. The van der Waals surface area contributed by atoms with E-state index in [1.54, 1.807) is 0 Å². The van der Waals surface area contributed by atoms with Crippen molar-refractivity contribution in [2.75, 3.05) is 11.8 Å². The van der Waals surface area contributed by atoms with Crippen LogP contribution in [0.3, 0.4) is 0 Å². The molecule has 0 aliphatic heterocycles. The molecule has 0 bridgehead atoms. The molecule has 20 heavy (non-hydrogen) atoms. The molecule has 2 rings (SSSR count). The number of nitrogens with one attached hydrogen (secondary N) is 2. The third kappa shape index (κ3) is 3.06. The number of methoxy groups -OCH3 is 1. The molecule has 8 nitrogen and oxygen atoms in total. The molecular weight excluding hydrogens is 308 g/mol. The van der Waals surface area contributed by atoms with Crippen molar-refractivity contribution in [3.05, 3.63) is 39.9 Å². The van der Waals surface area contributed by atoms with Gasteiger partial charge in [0.15, 0.2) is 4.90 Å². The highest BCUT2D eigenvalue weighted by atomic mass is 35.5. The normalized spacial score (nSPS) is 11.1. The zero-order valence-corrected chi connectivity index (χ0v) is 11.7. The van der Waals surface area contributed by atoms with Gasteiger partial charge in [-0.1, -0.05) is 11.6 Å². The second-order valence-corrected chi connectivity index (χ2v) is 5.57. The smallest absolute Gasteiger partial charge is 0.269 e. The van der Waals surface area contributed by atoms with Crippen molar-refractivity contribution in [1.82, 2.24) is 15.0 Å². The van der Waals surface area contributed by atoms with Crippen molar-refractivity contribution in [3.8, 4) is 5.88 Å². The minimum Gasteiger partial charge on any atom is -0.481 e. The maximum absolute atomic E-state index is 12.0. The number of hydrogen-bond donors (Lipinski definition) is 2. The van der Waals surface area contributed by atoms with Crippen LogP contribution in [0.4, 0.5) is 5.95 Å². The van der Waals surface area contributed by atoms with Gasteiger partial charge in [-0.15, -0.1) is 0 Å². The molecule has 2 N–H and O–H groups in total. The Morgan fingerprint density at radius 1 is 1.40 bits per heavy atom. The van der Waals surface area contributed by atoms with Crippen molar-refractivity contribution >= 4 is 27.6 Å². The van der Waals surface area contributed by atoms with Crippen LogP contribution in [0.5, 0.6) is 5.88 Å². The molecule has 0 amide bonds. The third-order valence-corrected chi connectivity index (χ3v) is 3.73. The third-order valence-electron chi connectivity index (χ3n) is 2.18. The van der Waals surface area contributed by atoms with E-state index in [2.05, 4.69) is 19.7 Å². The van der Waals surface area contributed by atoms with Crippen LogP contribution in [-0.2, 0) is 10.0 Å². The van der Waals surface area contributed by atoms with Gasteiger partial charge >= 0.3 is 0 Å². The Bertz CT molecular complexity index is 790. The minimum atomic E-state index is -4.12. The van der Waals surface area contributed by atoms with Gasteiger partial charge in [-0.2, -0.15) is 4.98 Å². The Hall–Kier alpha value is -2.13. The lowest BCUT2D eigenvalue weighted by Crippen LogP contribution is -2.22. The standard InChI is InChI=1S/C10H9ClN4O4S/c1-19-9-4-8(11)13-10(14-9)15-20(17,18)7-5-12-3-2-6(7)16/h2-5H,1H3,(H,12,16)(H,13,14,15). The van der Waals surface area contributed by atoms with Gasteiger partial charge < -0.3 is 9.72 Å². The maximum atomic E-state index is 12.0. The summed E-state index contributed by atoms with van der Waals surface area (Å²) < 4.78 is 31.0. The monoisotopic (exact) mass is 316 g/mol. The van der Waals surface area contributed by atoms with Gasteiger partial charge in [-0.3, -0.25) is 4.79 Å². The molecule has 0 aromatic carbocycles. The molecule has 0 saturated heterocycles. The Balaban J connectivity index is 2.41. The van der Waals surface area contributed by atoms with Crippen LogP contribution in [0, 0.1) is 0 Å². The number of aromatic amines is 1. The van der Waals surface area contributed by atoms with Crippen LogP contribution in [0.2, 0.25) is 5.15 Å². The van der Waals surface area contributed by atoms with Gasteiger partial charge in [0, 0.05) is 24.5 Å². The van der Waals surface area contributed by atoms with E-state index in [-0.39, 0.29) is 17.0 Å². The van der Waals surface area contributed by atoms with Gasteiger partial charge in [0.05, 0.1) is 7.11 Å². The number of anilines is 1. The summed E-state index contributed by atoms with van der Waals surface area (Å²) in [6.07, 6.45) is 2.38. The highest BCUT2D eigenvalue weighted by Gasteiger charge is 2.19. The van der Waals surface area contributed by atoms with E-state index in [0.717, 1.165) is 12.3 Å². The first-order valence-electron chi connectivity index (χ1n) is 5.21. The summed E-state index contributed by atoms with van der Waals surface area (Å²) in [5.74, 6) is -0.206. The predicted octanol–water partition coefficient (Wildman–Crippen LogP) is 0.628. The largest absolute Gasteiger partial charge is 0.481 e. The van der Waals surface area contributed by atoms with Crippen molar-refractivity contribution in [2.45, 2.75) is 4.90 Å². The second-order valence-electron chi connectivity index (χ2n) is 3.53. The maximum Gasteiger partial charge on any atom is 0.269 e. The molecule has 0 fully saturated rings. The number of rotatable bonds is 4. The number of sulfonamides is 1. The Morgan fingerprint density at radius 2 is 2.15 bits per heavy atom. The van der Waals surface area contributed by atoms with Crippen molar-refractivity contribution in [1.29, 1.82) is 0 Å². The first-order chi connectivity index (χ1) is 9.42. The first-order valence-corrected chi connectivity index (χ1v) is 7.07. The topological polar surface area (TPSA) is 114 Å². The molecule has 0 unspecified atom stereocenters. The molecule has 0 saturated carbocycles. The second kappa shape index (κ2) is 5.47. The average molecular weight is 317 g/mol. The fourth-order valence-electron chi connectivity index (χ4n) is 1.33. The summed E-state index contributed by atoms with van der Waals surface area (Å²) in [5.41, 5.74) is -0.662. The first kappa shape index (κ1) is 14.3. The van der Waals surface area contributed by atoms with Crippen LogP contribution >= 0.6 is 11.6 Å². The van der Waals surface area contributed by atoms with E-state index < -0.39 is 20.3 Å². The highest BCUT2D eigenvalue weighted by molar-refractivity contribution is 7.92. The molecule has 2 aromatic rings. The van der Waals surface area contributed by atoms with Crippen molar-refractivity contribution in [3.63, 3.8) is 0 Å². The molecule has 106 valence electrons. The molecule has 0 aliphatic rings. The zero-order chi connectivity index (χ0) is 14.8. The van der Waals surface area contributed by atoms with E-state index >= 15 is 0 Å². The average Bonchev–Trinajstić information content (AvgIpc) is 2.37. The lowest BCUT2D eigenvalue weighted by Gasteiger charge is -2.07. The fourth-order valence-corrected chi connectivity index (χ4v) is 2.50. The quantitative estimate of drug-likeness (QED) is 0.799. The number of pyridine rings is 1. The van der Waals surface area contributed by atoms with Crippen LogP contribution < -0.4 is 14.9 Å². The van der Waals surface area contributed by atoms with E-state index in [9.17, 15) is 13.2 Å². The number of nitrogens with zero attached hydrogens (tertiary/aromatic N) is 2. The summed E-state index contributed by atoms with van der Waals surface area (Å²) in [6, 6.07) is 2.41. The summed E-state index contributed by atoms with van der Waals surface area (Å²) >= 11 is 5.70. The summed E-state index contributed by atoms with van der Waals surface area (Å²) in [6.45, 7) is 0. The van der Waals surface area contributed by atoms with Crippen LogP contribution in [0.25, 0.3) is 0 Å². The molecule has 0 atom stereocenters. The summed E-state index contributed by atoms with van der Waals surface area (Å²) in [5, 5.41) is -0.00322. The fraction of sp³-hybridized carbons (Fsp3) is 0.100. The molecule has 0 spiro atoms. The van der Waals surface area contributed by atoms with Crippen LogP contribution in [0.1, 0.15) is 0 Å². The molecule has 2 heterocycles. The lowest BCUT2D eigenvalue weighted by atomic mass is 10.5. The number of ether oxygens (including phenoxy) is 1. The van der Waals surface area contributed by atoms with Gasteiger partial charge in [0.1, 0.15) is 5.15 Å². The SMILES string of the molecule is COc1cc(Cl)nc(NS(=O)(=O)c2c[nH]ccc2=O)n1. The van der Waals surface area contributed by atoms with Crippen molar-refractivity contribution in [2.24, 2.45) is 0 Å². The molecule has 2 aromatic heterocycles. The number of H-pyrrole nitrogens is 1. The predicted molar refractivity (Wildman–Crippen MR) is 71.5 cm³/mol. The number of hydrogen-bond acceptors (Lipinski definition) is 6. The lowest BCUT2D eigenvalue weighted by molar-refractivity contribution is 0.397. The van der Waals surface area contributed by atoms with E-state index in [0.29, 0.717) is 0 Å². The number of aromatic nitrogens is 3. The molecule has 0 aliphatic carbocycles. The Morgan fingerprint density at radius 3 is 2.80 bits per heavy atom. The van der Waals surface area contributed by atoms with Crippen LogP contribution in [0.15, 0.2) is 34.2 Å². The van der Waals surface area contributed by atoms with Gasteiger partial charge in [0.25, 0.3) is 10.0 Å².